The van der Waals surface area contributed by atoms with Gasteiger partial charge in [-0.25, -0.2) is 0 Å². The lowest BCUT2D eigenvalue weighted by Crippen LogP contribution is -2.37. The number of carbonyl (C=O) groups excluding carboxylic acids is 2. The van der Waals surface area contributed by atoms with E-state index < -0.39 is 18.2 Å². The Hall–Kier alpha value is -4.12. The van der Waals surface area contributed by atoms with Crippen molar-refractivity contribution in [2.75, 3.05) is 37.6 Å². The highest BCUT2D eigenvalue weighted by atomic mass is 35.5. The standard InChI is InChI=1S/C31H30ClF3N2O6/c1-40-25-13-23(14-26(15-25)42-17-18-11-21(12-18)30(39)41-2)36-28(20-3-6-22(32)7-4-20)29(38)37-10-9-19-5-8-24(16-27(19)37)43-31(33,34)35/h3-8,13-16,18,21,28,36H,9-12,17H2,1-2H3. The van der Waals surface area contributed by atoms with E-state index in [1.54, 1.807) is 42.5 Å². The van der Waals surface area contributed by atoms with Crippen LogP contribution in [0.4, 0.5) is 24.5 Å². The highest BCUT2D eigenvalue weighted by Crippen LogP contribution is 2.38. The summed E-state index contributed by atoms with van der Waals surface area (Å²) in [4.78, 5) is 27.2. The number of halogens is 4. The molecule has 1 N–H and O–H groups in total. The maximum Gasteiger partial charge on any atom is 0.573 e. The van der Waals surface area contributed by atoms with Gasteiger partial charge in [0.25, 0.3) is 5.91 Å². The number of benzene rings is 3. The van der Waals surface area contributed by atoms with Crippen molar-refractivity contribution >= 4 is 34.9 Å². The van der Waals surface area contributed by atoms with Gasteiger partial charge in [-0.15, -0.1) is 13.2 Å². The summed E-state index contributed by atoms with van der Waals surface area (Å²) >= 11 is 6.11. The number of amides is 1. The average Bonchev–Trinajstić information content (AvgIpc) is 3.37. The Balaban J connectivity index is 1.38. The highest BCUT2D eigenvalue weighted by molar-refractivity contribution is 6.30. The third-order valence-corrected chi connectivity index (χ3v) is 7.84. The van der Waals surface area contributed by atoms with Crippen LogP contribution in [0.5, 0.6) is 17.2 Å². The van der Waals surface area contributed by atoms with Crippen molar-refractivity contribution in [2.45, 2.75) is 31.7 Å². The SMILES string of the molecule is COC(=O)C1CC(COc2cc(NC(C(=O)N3CCc4ccc(OC(F)(F)F)cc43)c3ccc(Cl)cc3)cc(OC)c2)C1. The molecule has 12 heteroatoms. The first-order valence-electron chi connectivity index (χ1n) is 13.6. The van der Waals surface area contributed by atoms with E-state index in [-0.39, 0.29) is 30.3 Å². The minimum absolute atomic E-state index is 0.112. The minimum Gasteiger partial charge on any atom is -0.497 e. The average molecular weight is 619 g/mol. The smallest absolute Gasteiger partial charge is 0.497 e. The Labute approximate surface area is 251 Å². The Morgan fingerprint density at radius 3 is 2.40 bits per heavy atom. The molecule has 5 rings (SSSR count). The summed E-state index contributed by atoms with van der Waals surface area (Å²) < 4.78 is 59.1. The summed E-state index contributed by atoms with van der Waals surface area (Å²) in [5.41, 5.74) is 2.21. The van der Waals surface area contributed by atoms with Crippen molar-refractivity contribution in [1.29, 1.82) is 0 Å². The number of hydrogen-bond acceptors (Lipinski definition) is 7. The molecule has 1 fully saturated rings. The first-order chi connectivity index (χ1) is 20.5. The zero-order valence-electron chi connectivity index (χ0n) is 23.4. The van der Waals surface area contributed by atoms with Crippen molar-refractivity contribution in [3.8, 4) is 17.2 Å². The van der Waals surface area contributed by atoms with Crippen molar-refractivity contribution in [3.63, 3.8) is 0 Å². The van der Waals surface area contributed by atoms with E-state index in [4.69, 9.17) is 25.8 Å². The monoisotopic (exact) mass is 618 g/mol. The van der Waals surface area contributed by atoms with Crippen molar-refractivity contribution in [2.24, 2.45) is 11.8 Å². The topological polar surface area (TPSA) is 86.3 Å². The molecule has 1 aliphatic heterocycles. The number of ether oxygens (including phenoxy) is 4. The van der Waals surface area contributed by atoms with Crippen LogP contribution in [0.3, 0.4) is 0 Å². The lowest BCUT2D eigenvalue weighted by Gasteiger charge is -2.33. The molecule has 1 atom stereocenters. The Bertz CT molecular complexity index is 1480. The van der Waals surface area contributed by atoms with Crippen LogP contribution in [0.25, 0.3) is 0 Å². The molecule has 3 aromatic carbocycles. The van der Waals surface area contributed by atoms with Crippen LogP contribution in [0.15, 0.2) is 60.7 Å². The molecule has 0 aromatic heterocycles. The molecule has 3 aromatic rings. The van der Waals surface area contributed by atoms with E-state index in [9.17, 15) is 22.8 Å². The van der Waals surface area contributed by atoms with Crippen LogP contribution in [0.2, 0.25) is 5.02 Å². The summed E-state index contributed by atoms with van der Waals surface area (Å²) in [6.07, 6.45) is -3.01. The van der Waals surface area contributed by atoms with Crippen LogP contribution < -0.4 is 24.4 Å². The van der Waals surface area contributed by atoms with Crippen LogP contribution in [0, 0.1) is 11.8 Å². The largest absolute Gasteiger partial charge is 0.573 e. The van der Waals surface area contributed by atoms with Crippen molar-refractivity contribution < 1.29 is 41.7 Å². The van der Waals surface area contributed by atoms with E-state index in [0.717, 1.165) is 5.56 Å². The van der Waals surface area contributed by atoms with Gasteiger partial charge in [0.05, 0.1) is 32.4 Å². The number of carbonyl (C=O) groups is 2. The number of hydrogen-bond donors (Lipinski definition) is 1. The van der Waals surface area contributed by atoms with Crippen LogP contribution in [-0.4, -0.2) is 45.6 Å². The number of esters is 1. The van der Waals surface area contributed by atoms with Gasteiger partial charge in [-0.05, 0) is 54.5 Å². The quantitative estimate of drug-likeness (QED) is 0.257. The molecule has 1 saturated carbocycles. The van der Waals surface area contributed by atoms with Gasteiger partial charge in [0.1, 0.15) is 23.3 Å². The molecule has 43 heavy (non-hydrogen) atoms. The summed E-state index contributed by atoms with van der Waals surface area (Å²) in [6.45, 7) is 0.683. The second-order valence-corrected chi connectivity index (χ2v) is 10.9. The summed E-state index contributed by atoms with van der Waals surface area (Å²) in [5.74, 6) is 0.0945. The van der Waals surface area contributed by atoms with E-state index >= 15 is 0 Å². The number of nitrogens with zero attached hydrogens (tertiary/aromatic N) is 1. The van der Waals surface area contributed by atoms with Gasteiger partial charge in [-0.2, -0.15) is 0 Å². The number of anilines is 2. The number of nitrogens with one attached hydrogen (secondary N) is 1. The first-order valence-corrected chi connectivity index (χ1v) is 14.0. The maximum atomic E-state index is 14.1. The van der Waals surface area contributed by atoms with Gasteiger partial charge in [0.2, 0.25) is 0 Å². The molecule has 8 nitrogen and oxygen atoms in total. The molecule has 1 amide bonds. The third-order valence-electron chi connectivity index (χ3n) is 7.58. The van der Waals surface area contributed by atoms with Gasteiger partial charge in [0, 0.05) is 41.5 Å². The highest BCUT2D eigenvalue weighted by Gasteiger charge is 2.36. The summed E-state index contributed by atoms with van der Waals surface area (Å²) in [5, 5.41) is 3.75. The minimum atomic E-state index is -4.86. The van der Waals surface area contributed by atoms with Crippen LogP contribution in [0.1, 0.15) is 30.0 Å². The second kappa shape index (κ2) is 12.6. The molecular weight excluding hydrogens is 589 g/mol. The molecular formula is C31H30ClF3N2O6. The number of methoxy groups -OCH3 is 2. The van der Waals surface area contributed by atoms with E-state index in [0.29, 0.717) is 59.3 Å². The Morgan fingerprint density at radius 1 is 1.00 bits per heavy atom. The van der Waals surface area contributed by atoms with Gasteiger partial charge >= 0.3 is 12.3 Å². The fourth-order valence-corrected chi connectivity index (χ4v) is 5.48. The number of alkyl halides is 3. The fourth-order valence-electron chi connectivity index (χ4n) is 5.35. The molecule has 0 radical (unpaired) electrons. The molecule has 1 unspecified atom stereocenters. The Kier molecular flexibility index (Phi) is 8.91. The van der Waals surface area contributed by atoms with Gasteiger partial charge in [0.15, 0.2) is 0 Å². The third kappa shape index (κ3) is 7.27. The molecule has 0 bridgehead atoms. The zero-order valence-corrected chi connectivity index (χ0v) is 24.2. The summed E-state index contributed by atoms with van der Waals surface area (Å²) in [6, 6.07) is 15.0. The number of fused-ring (bicyclic) bond motifs is 1. The van der Waals surface area contributed by atoms with E-state index in [2.05, 4.69) is 10.1 Å². The second-order valence-electron chi connectivity index (χ2n) is 10.5. The van der Waals surface area contributed by atoms with Crippen LogP contribution in [-0.2, 0) is 20.7 Å². The van der Waals surface area contributed by atoms with Crippen molar-refractivity contribution in [1.82, 2.24) is 0 Å². The predicted octanol–water partition coefficient (Wildman–Crippen LogP) is 6.57. The van der Waals surface area contributed by atoms with Crippen LogP contribution >= 0.6 is 11.6 Å². The van der Waals surface area contributed by atoms with E-state index in [1.807, 2.05) is 0 Å². The summed E-state index contributed by atoms with van der Waals surface area (Å²) in [7, 11) is 2.89. The first kappa shape index (κ1) is 30.3. The molecule has 0 saturated heterocycles. The lowest BCUT2D eigenvalue weighted by molar-refractivity contribution is -0.274. The molecule has 0 spiro atoms. The molecule has 228 valence electrons. The van der Waals surface area contributed by atoms with Gasteiger partial charge in [-0.3, -0.25) is 9.59 Å². The zero-order chi connectivity index (χ0) is 30.7. The van der Waals surface area contributed by atoms with Gasteiger partial charge < -0.3 is 29.2 Å². The normalized spacial score (nSPS) is 18.2. The molecule has 2 aliphatic rings. The fraction of sp³-hybridized carbons (Fsp3) is 0.355. The van der Waals surface area contributed by atoms with Gasteiger partial charge in [-0.1, -0.05) is 29.8 Å². The lowest BCUT2D eigenvalue weighted by atomic mass is 9.75. The molecule has 1 aliphatic carbocycles. The Morgan fingerprint density at radius 2 is 1.72 bits per heavy atom. The molecule has 1 heterocycles. The van der Waals surface area contributed by atoms with E-state index in [1.165, 1.54) is 37.3 Å². The number of rotatable bonds is 10. The predicted molar refractivity (Wildman–Crippen MR) is 154 cm³/mol. The van der Waals surface area contributed by atoms with Crippen molar-refractivity contribution in [3.05, 3.63) is 76.8 Å². The maximum absolute atomic E-state index is 14.1.